The van der Waals surface area contributed by atoms with Gasteiger partial charge in [0.1, 0.15) is 5.82 Å². The molecule has 146 valence electrons. The Morgan fingerprint density at radius 1 is 1.07 bits per heavy atom. The quantitative estimate of drug-likeness (QED) is 0.696. The Morgan fingerprint density at radius 3 is 2.39 bits per heavy atom. The molecule has 28 heavy (non-hydrogen) atoms. The summed E-state index contributed by atoms with van der Waals surface area (Å²) in [5, 5.41) is 15.1. The molecule has 4 rings (SSSR count). The molecule has 6 nitrogen and oxygen atoms in total. The summed E-state index contributed by atoms with van der Waals surface area (Å²) in [4.78, 5) is 7.44. The molecule has 6 heteroatoms. The van der Waals surface area contributed by atoms with E-state index < -0.39 is 0 Å². The lowest BCUT2D eigenvalue weighted by atomic mass is 9.89. The first-order valence-electron chi connectivity index (χ1n) is 10.1. The maximum Gasteiger partial charge on any atom is 0.209 e. The predicted molar refractivity (Wildman–Crippen MR) is 112 cm³/mol. The summed E-state index contributed by atoms with van der Waals surface area (Å²) >= 11 is 0. The van der Waals surface area contributed by atoms with Crippen LogP contribution in [0.2, 0.25) is 0 Å². The van der Waals surface area contributed by atoms with Gasteiger partial charge in [-0.3, -0.25) is 0 Å². The SMILES string of the molecule is Cc1c(C2CCCC2)nc(N(C)C(C)C)c(-c2nn[nH]n2)c1-c1ccccc1. The summed E-state index contributed by atoms with van der Waals surface area (Å²) in [6.45, 7) is 6.56. The van der Waals surface area contributed by atoms with Crippen molar-refractivity contribution >= 4 is 5.82 Å². The molecule has 0 bridgehead atoms. The fourth-order valence-electron chi connectivity index (χ4n) is 4.22. The van der Waals surface area contributed by atoms with E-state index in [4.69, 9.17) is 4.98 Å². The van der Waals surface area contributed by atoms with Crippen LogP contribution >= 0.6 is 0 Å². The zero-order chi connectivity index (χ0) is 19.7. The second kappa shape index (κ2) is 7.70. The number of tetrazole rings is 1. The zero-order valence-corrected chi connectivity index (χ0v) is 17.1. The molecule has 3 aromatic rings. The molecule has 2 aromatic heterocycles. The van der Waals surface area contributed by atoms with Gasteiger partial charge in [-0.25, -0.2) is 4.98 Å². The first-order valence-corrected chi connectivity index (χ1v) is 10.1. The molecule has 1 aliphatic rings. The van der Waals surface area contributed by atoms with Gasteiger partial charge in [-0.2, -0.15) is 5.21 Å². The molecular weight excluding hydrogens is 348 g/mol. The van der Waals surface area contributed by atoms with Gasteiger partial charge in [0.25, 0.3) is 0 Å². The number of nitrogens with one attached hydrogen (secondary N) is 1. The number of hydrogen-bond acceptors (Lipinski definition) is 5. The van der Waals surface area contributed by atoms with E-state index in [1.807, 2.05) is 6.07 Å². The number of hydrogen-bond donors (Lipinski definition) is 1. The van der Waals surface area contributed by atoms with Gasteiger partial charge in [0.2, 0.25) is 5.82 Å². The van der Waals surface area contributed by atoms with Gasteiger partial charge in [-0.1, -0.05) is 43.2 Å². The van der Waals surface area contributed by atoms with Crippen molar-refractivity contribution in [3.8, 4) is 22.5 Å². The van der Waals surface area contributed by atoms with Crippen LogP contribution in [0.15, 0.2) is 30.3 Å². The zero-order valence-electron chi connectivity index (χ0n) is 17.1. The summed E-state index contributed by atoms with van der Waals surface area (Å²) in [6.07, 6.45) is 5.01. The van der Waals surface area contributed by atoms with Crippen molar-refractivity contribution in [1.29, 1.82) is 0 Å². The van der Waals surface area contributed by atoms with Gasteiger partial charge in [0.15, 0.2) is 0 Å². The second-order valence-electron chi connectivity index (χ2n) is 7.98. The highest BCUT2D eigenvalue weighted by Crippen LogP contribution is 2.44. The van der Waals surface area contributed by atoms with Crippen LogP contribution in [0.25, 0.3) is 22.5 Å². The number of H-pyrrole nitrogens is 1. The van der Waals surface area contributed by atoms with Gasteiger partial charge in [0, 0.05) is 30.3 Å². The fourth-order valence-corrected chi connectivity index (χ4v) is 4.22. The highest BCUT2D eigenvalue weighted by molar-refractivity contribution is 5.90. The normalized spacial score (nSPS) is 14.8. The Balaban J connectivity index is 2.05. The fraction of sp³-hybridized carbons (Fsp3) is 0.455. The number of aromatic amines is 1. The molecule has 2 heterocycles. The van der Waals surface area contributed by atoms with Crippen molar-refractivity contribution in [2.24, 2.45) is 0 Å². The smallest absolute Gasteiger partial charge is 0.209 e. The molecule has 0 unspecified atom stereocenters. The van der Waals surface area contributed by atoms with Crippen LogP contribution in [-0.2, 0) is 0 Å². The van der Waals surface area contributed by atoms with Gasteiger partial charge in [0.05, 0.1) is 5.56 Å². The van der Waals surface area contributed by atoms with Gasteiger partial charge < -0.3 is 4.90 Å². The third-order valence-corrected chi connectivity index (χ3v) is 5.94. The average Bonchev–Trinajstić information content (AvgIpc) is 3.41. The molecule has 1 N–H and O–H groups in total. The lowest BCUT2D eigenvalue weighted by Crippen LogP contribution is -2.28. The Labute approximate surface area is 166 Å². The van der Waals surface area contributed by atoms with E-state index in [1.165, 1.54) is 48.1 Å². The monoisotopic (exact) mass is 376 g/mol. The van der Waals surface area contributed by atoms with Gasteiger partial charge in [-0.05, 0) is 50.0 Å². The number of aromatic nitrogens is 5. The molecular formula is C22H28N6. The first-order chi connectivity index (χ1) is 13.6. The van der Waals surface area contributed by atoms with E-state index >= 15 is 0 Å². The summed E-state index contributed by atoms with van der Waals surface area (Å²) in [5.74, 6) is 2.05. The topological polar surface area (TPSA) is 70.6 Å². The maximum atomic E-state index is 5.22. The number of pyridine rings is 1. The summed E-state index contributed by atoms with van der Waals surface area (Å²) in [5.41, 5.74) is 5.75. The number of benzene rings is 1. The summed E-state index contributed by atoms with van der Waals surface area (Å²) in [7, 11) is 2.10. The largest absolute Gasteiger partial charge is 0.357 e. The lowest BCUT2D eigenvalue weighted by molar-refractivity contribution is 0.681. The van der Waals surface area contributed by atoms with Gasteiger partial charge in [-0.15, -0.1) is 10.2 Å². The Hall–Kier alpha value is -2.76. The van der Waals surface area contributed by atoms with Crippen molar-refractivity contribution in [3.05, 3.63) is 41.6 Å². The van der Waals surface area contributed by atoms with Crippen LogP contribution in [0.4, 0.5) is 5.82 Å². The molecule has 1 aliphatic carbocycles. The Morgan fingerprint density at radius 2 is 1.79 bits per heavy atom. The molecule has 0 amide bonds. The van der Waals surface area contributed by atoms with E-state index in [2.05, 4.69) is 77.6 Å². The highest BCUT2D eigenvalue weighted by Gasteiger charge is 2.29. The number of nitrogens with zero attached hydrogens (tertiary/aromatic N) is 5. The van der Waals surface area contributed by atoms with Crippen LogP contribution in [0.5, 0.6) is 0 Å². The van der Waals surface area contributed by atoms with Crippen molar-refractivity contribution < 1.29 is 0 Å². The van der Waals surface area contributed by atoms with Crippen LogP contribution in [-0.4, -0.2) is 38.7 Å². The van der Waals surface area contributed by atoms with Gasteiger partial charge >= 0.3 is 0 Å². The van der Waals surface area contributed by atoms with Crippen LogP contribution < -0.4 is 4.90 Å². The average molecular weight is 377 g/mol. The summed E-state index contributed by atoms with van der Waals surface area (Å²) < 4.78 is 0. The minimum Gasteiger partial charge on any atom is -0.357 e. The standard InChI is InChI=1S/C22H28N6/c1-14(2)28(4)22-19(21-24-26-27-25-21)18(16-10-6-5-7-11-16)15(3)20(23-22)17-12-8-9-13-17/h5-7,10-11,14,17H,8-9,12-13H2,1-4H3,(H,24,25,26,27). The van der Waals surface area contributed by atoms with Crippen molar-refractivity contribution in [2.75, 3.05) is 11.9 Å². The number of rotatable bonds is 5. The first kappa shape index (κ1) is 18.6. The lowest BCUT2D eigenvalue weighted by Gasteiger charge is -2.29. The highest BCUT2D eigenvalue weighted by atomic mass is 15.5. The minimum atomic E-state index is 0.306. The molecule has 1 aromatic carbocycles. The van der Waals surface area contributed by atoms with E-state index in [0.717, 1.165) is 11.4 Å². The maximum absolute atomic E-state index is 5.22. The molecule has 1 saturated carbocycles. The van der Waals surface area contributed by atoms with Crippen LogP contribution in [0, 0.1) is 6.92 Å². The third kappa shape index (κ3) is 3.28. The van der Waals surface area contributed by atoms with Crippen molar-refractivity contribution in [2.45, 2.75) is 58.4 Å². The Bertz CT molecular complexity index is 927. The van der Waals surface area contributed by atoms with E-state index in [-0.39, 0.29) is 0 Å². The van der Waals surface area contributed by atoms with E-state index in [0.29, 0.717) is 17.8 Å². The summed E-state index contributed by atoms with van der Waals surface area (Å²) in [6, 6.07) is 10.8. The molecule has 0 atom stereocenters. The van der Waals surface area contributed by atoms with Crippen molar-refractivity contribution in [3.63, 3.8) is 0 Å². The second-order valence-corrected chi connectivity index (χ2v) is 7.98. The molecule has 0 radical (unpaired) electrons. The Kier molecular flexibility index (Phi) is 5.11. The molecule has 0 spiro atoms. The van der Waals surface area contributed by atoms with Crippen molar-refractivity contribution in [1.82, 2.24) is 25.6 Å². The minimum absolute atomic E-state index is 0.306. The third-order valence-electron chi connectivity index (χ3n) is 5.94. The van der Waals surface area contributed by atoms with Crippen LogP contribution in [0.3, 0.4) is 0 Å². The van der Waals surface area contributed by atoms with E-state index in [9.17, 15) is 0 Å². The molecule has 1 fully saturated rings. The predicted octanol–water partition coefficient (Wildman–Crippen LogP) is 4.74. The molecule has 0 saturated heterocycles. The molecule has 0 aliphatic heterocycles. The van der Waals surface area contributed by atoms with Crippen LogP contribution in [0.1, 0.15) is 56.7 Å². The number of anilines is 1. The van der Waals surface area contributed by atoms with E-state index in [1.54, 1.807) is 0 Å².